The SMILES string of the molecule is CC[C@@H](C)c1nc(N2CCCN(C(=O)c3ccc(Cl)cc3)CC2)c2cnn(-c3ccccc3)c2n1. The average molecular weight is 489 g/mol. The molecule has 1 amide bonds. The van der Waals surface area contributed by atoms with Crippen LogP contribution in [0.15, 0.2) is 60.8 Å². The summed E-state index contributed by atoms with van der Waals surface area (Å²) in [7, 11) is 0. The molecule has 0 bridgehead atoms. The minimum absolute atomic E-state index is 0.0357. The highest BCUT2D eigenvalue weighted by atomic mass is 35.5. The fourth-order valence-corrected chi connectivity index (χ4v) is 4.55. The number of carbonyl (C=O) groups is 1. The Morgan fingerprint density at radius 1 is 1.00 bits per heavy atom. The minimum Gasteiger partial charge on any atom is -0.354 e. The smallest absolute Gasteiger partial charge is 0.253 e. The number of halogens is 1. The first-order valence-electron chi connectivity index (χ1n) is 12.2. The number of fused-ring (bicyclic) bond motifs is 1. The number of rotatable bonds is 5. The van der Waals surface area contributed by atoms with Gasteiger partial charge < -0.3 is 9.80 Å². The second-order valence-electron chi connectivity index (χ2n) is 8.98. The number of carbonyl (C=O) groups excluding carboxylic acids is 1. The van der Waals surface area contributed by atoms with Crippen LogP contribution in [0.2, 0.25) is 5.02 Å². The van der Waals surface area contributed by atoms with E-state index in [9.17, 15) is 4.79 Å². The van der Waals surface area contributed by atoms with Crippen LogP contribution in [0, 0.1) is 0 Å². The molecule has 3 heterocycles. The summed E-state index contributed by atoms with van der Waals surface area (Å²) in [5.41, 5.74) is 2.45. The molecule has 5 rings (SSSR count). The molecule has 0 unspecified atom stereocenters. The third-order valence-corrected chi connectivity index (χ3v) is 6.91. The lowest BCUT2D eigenvalue weighted by molar-refractivity contribution is 0.0767. The van der Waals surface area contributed by atoms with Crippen LogP contribution in [0.4, 0.5) is 5.82 Å². The molecular weight excluding hydrogens is 460 g/mol. The first kappa shape index (κ1) is 23.3. The standard InChI is InChI=1S/C27H29ClN6O/c1-3-19(2)24-30-25(23-18-29-34(26(23)31-24)22-8-5-4-6-9-22)32-14-7-15-33(17-16-32)27(35)20-10-12-21(28)13-11-20/h4-6,8-13,18-19H,3,7,14-17H2,1-2H3/t19-/m1/s1. The summed E-state index contributed by atoms with van der Waals surface area (Å²) in [6.07, 6.45) is 3.67. The Kier molecular flexibility index (Phi) is 6.68. The van der Waals surface area contributed by atoms with Gasteiger partial charge in [0.05, 0.1) is 17.3 Å². The number of amides is 1. The molecule has 2 aromatic carbocycles. The number of hydrogen-bond donors (Lipinski definition) is 0. The van der Waals surface area contributed by atoms with Crippen LogP contribution in [-0.4, -0.2) is 56.7 Å². The van der Waals surface area contributed by atoms with E-state index in [1.807, 2.05) is 46.1 Å². The van der Waals surface area contributed by atoms with Gasteiger partial charge in [-0.25, -0.2) is 14.6 Å². The summed E-state index contributed by atoms with van der Waals surface area (Å²) < 4.78 is 1.89. The van der Waals surface area contributed by atoms with Gasteiger partial charge in [-0.05, 0) is 49.2 Å². The lowest BCUT2D eigenvalue weighted by Crippen LogP contribution is -2.35. The number of aromatic nitrogens is 4. The molecule has 8 heteroatoms. The molecule has 0 radical (unpaired) electrons. The van der Waals surface area contributed by atoms with Crippen molar-refractivity contribution in [1.82, 2.24) is 24.6 Å². The van der Waals surface area contributed by atoms with E-state index in [2.05, 4.69) is 23.8 Å². The Balaban J connectivity index is 1.47. The molecule has 1 aliphatic rings. The summed E-state index contributed by atoms with van der Waals surface area (Å²) in [5.74, 6) is 1.99. The maximum Gasteiger partial charge on any atom is 0.253 e. The van der Waals surface area contributed by atoms with Gasteiger partial charge in [0.15, 0.2) is 5.65 Å². The Hall–Kier alpha value is -3.45. The van der Waals surface area contributed by atoms with Crippen molar-refractivity contribution in [2.75, 3.05) is 31.1 Å². The predicted molar refractivity (Wildman–Crippen MR) is 140 cm³/mol. The van der Waals surface area contributed by atoms with Crippen molar-refractivity contribution in [2.45, 2.75) is 32.6 Å². The number of nitrogens with zero attached hydrogens (tertiary/aromatic N) is 6. The molecule has 0 N–H and O–H groups in total. The van der Waals surface area contributed by atoms with Crippen molar-refractivity contribution in [3.8, 4) is 5.69 Å². The molecular formula is C27H29ClN6O. The van der Waals surface area contributed by atoms with Gasteiger partial charge in [-0.2, -0.15) is 5.10 Å². The molecule has 1 fully saturated rings. The Morgan fingerprint density at radius 2 is 1.77 bits per heavy atom. The molecule has 1 atom stereocenters. The van der Waals surface area contributed by atoms with E-state index in [1.165, 1.54) is 0 Å². The first-order chi connectivity index (χ1) is 17.0. The van der Waals surface area contributed by atoms with Gasteiger partial charge in [0.1, 0.15) is 11.6 Å². The highest BCUT2D eigenvalue weighted by Gasteiger charge is 2.25. The van der Waals surface area contributed by atoms with Crippen LogP contribution in [0.3, 0.4) is 0 Å². The van der Waals surface area contributed by atoms with Crippen molar-refractivity contribution in [3.63, 3.8) is 0 Å². The van der Waals surface area contributed by atoms with Gasteiger partial charge in [-0.15, -0.1) is 0 Å². The van der Waals surface area contributed by atoms with Crippen molar-refractivity contribution < 1.29 is 4.79 Å². The van der Waals surface area contributed by atoms with Gasteiger partial charge >= 0.3 is 0 Å². The minimum atomic E-state index is 0.0357. The average Bonchev–Trinajstić information content (AvgIpc) is 3.17. The zero-order valence-corrected chi connectivity index (χ0v) is 20.8. The molecule has 1 saturated heterocycles. The summed E-state index contributed by atoms with van der Waals surface area (Å²) in [5, 5.41) is 6.23. The Bertz CT molecular complexity index is 1320. The maximum atomic E-state index is 13.1. The summed E-state index contributed by atoms with van der Waals surface area (Å²) in [6, 6.07) is 17.2. The zero-order chi connectivity index (χ0) is 24.4. The number of anilines is 1. The van der Waals surface area contributed by atoms with Crippen molar-refractivity contribution in [1.29, 1.82) is 0 Å². The normalized spacial score (nSPS) is 15.3. The Morgan fingerprint density at radius 3 is 2.51 bits per heavy atom. The monoisotopic (exact) mass is 488 g/mol. The molecule has 7 nitrogen and oxygen atoms in total. The van der Waals surface area contributed by atoms with Gasteiger partial charge in [0.25, 0.3) is 5.91 Å². The van der Waals surface area contributed by atoms with E-state index >= 15 is 0 Å². The topological polar surface area (TPSA) is 67.2 Å². The fourth-order valence-electron chi connectivity index (χ4n) is 4.42. The summed E-state index contributed by atoms with van der Waals surface area (Å²) in [6.45, 7) is 7.14. The third-order valence-electron chi connectivity index (χ3n) is 6.65. The Labute approximate surface area is 210 Å². The third kappa shape index (κ3) is 4.73. The van der Waals surface area contributed by atoms with Crippen LogP contribution in [-0.2, 0) is 0 Å². The second kappa shape index (κ2) is 10.0. The number of hydrogen-bond acceptors (Lipinski definition) is 5. The van der Waals surface area contributed by atoms with Crippen molar-refractivity contribution in [2.24, 2.45) is 0 Å². The number of benzene rings is 2. The fraction of sp³-hybridized carbons (Fsp3) is 0.333. The highest BCUT2D eigenvalue weighted by molar-refractivity contribution is 6.30. The molecule has 0 spiro atoms. The van der Waals surface area contributed by atoms with Crippen LogP contribution >= 0.6 is 11.6 Å². The number of para-hydroxylation sites is 1. The van der Waals surface area contributed by atoms with Crippen LogP contribution in [0.5, 0.6) is 0 Å². The van der Waals surface area contributed by atoms with E-state index in [0.29, 0.717) is 30.2 Å². The lowest BCUT2D eigenvalue weighted by atomic mass is 10.1. The molecule has 4 aromatic rings. The van der Waals surface area contributed by atoms with Crippen LogP contribution in [0.25, 0.3) is 16.7 Å². The quantitative estimate of drug-likeness (QED) is 0.379. The zero-order valence-electron chi connectivity index (χ0n) is 20.1. The first-order valence-corrected chi connectivity index (χ1v) is 12.5. The van der Waals surface area contributed by atoms with E-state index < -0.39 is 0 Å². The van der Waals surface area contributed by atoms with Crippen LogP contribution in [0.1, 0.15) is 48.8 Å². The van der Waals surface area contributed by atoms with Crippen molar-refractivity contribution >= 4 is 34.4 Å². The van der Waals surface area contributed by atoms with Gasteiger partial charge in [-0.1, -0.05) is 43.6 Å². The summed E-state index contributed by atoms with van der Waals surface area (Å²) >= 11 is 6.00. The largest absolute Gasteiger partial charge is 0.354 e. The lowest BCUT2D eigenvalue weighted by Gasteiger charge is -2.24. The van der Waals surface area contributed by atoms with Gasteiger partial charge in [0, 0.05) is 42.7 Å². The van der Waals surface area contributed by atoms with Crippen molar-refractivity contribution in [3.05, 3.63) is 77.2 Å². The molecule has 1 aliphatic heterocycles. The van der Waals surface area contributed by atoms with E-state index in [0.717, 1.165) is 47.7 Å². The van der Waals surface area contributed by atoms with E-state index in [1.54, 1.807) is 24.3 Å². The second-order valence-corrected chi connectivity index (χ2v) is 9.42. The van der Waals surface area contributed by atoms with Gasteiger partial charge in [0.2, 0.25) is 0 Å². The van der Waals surface area contributed by atoms with E-state index in [-0.39, 0.29) is 11.8 Å². The molecule has 0 aliphatic carbocycles. The summed E-state index contributed by atoms with van der Waals surface area (Å²) in [4.78, 5) is 27.3. The van der Waals surface area contributed by atoms with E-state index in [4.69, 9.17) is 21.6 Å². The maximum absolute atomic E-state index is 13.1. The molecule has 180 valence electrons. The highest BCUT2D eigenvalue weighted by Crippen LogP contribution is 2.29. The molecule has 35 heavy (non-hydrogen) atoms. The molecule has 2 aromatic heterocycles. The van der Waals surface area contributed by atoms with Gasteiger partial charge in [-0.3, -0.25) is 4.79 Å². The molecule has 0 saturated carbocycles. The predicted octanol–water partition coefficient (Wildman–Crippen LogP) is 5.33. The van der Waals surface area contributed by atoms with Crippen LogP contribution < -0.4 is 4.90 Å².